The molecule has 0 fully saturated rings. The Hall–Kier alpha value is -2.36. The summed E-state index contributed by atoms with van der Waals surface area (Å²) in [6, 6.07) is 10.9. The van der Waals surface area contributed by atoms with Crippen LogP contribution in [0.2, 0.25) is 0 Å². The topological polar surface area (TPSA) is 59.4 Å². The second kappa shape index (κ2) is 5.74. The largest absolute Gasteiger partial charge is 0.491 e. The van der Waals surface area contributed by atoms with Gasteiger partial charge in [0.25, 0.3) is 0 Å². The second-order valence-electron chi connectivity index (χ2n) is 4.83. The lowest BCUT2D eigenvalue weighted by atomic mass is 10.1. The van der Waals surface area contributed by atoms with Crippen LogP contribution in [0.4, 0.5) is 0 Å². The first kappa shape index (κ1) is 14.1. The number of aromatic nitrogens is 1. The van der Waals surface area contributed by atoms with Gasteiger partial charge in [-0.15, -0.1) is 0 Å². The molecule has 0 amide bonds. The maximum absolute atomic E-state index is 11.0. The fraction of sp³-hybridized carbons (Fsp3) is 0.250. The van der Waals surface area contributed by atoms with Crippen molar-refractivity contribution < 1.29 is 14.6 Å². The van der Waals surface area contributed by atoms with E-state index in [1.54, 1.807) is 19.1 Å². The summed E-state index contributed by atoms with van der Waals surface area (Å²) in [7, 11) is 0. The van der Waals surface area contributed by atoms with Crippen LogP contribution in [0.1, 0.15) is 29.9 Å². The summed E-state index contributed by atoms with van der Waals surface area (Å²) in [6.45, 7) is 5.63. The van der Waals surface area contributed by atoms with Crippen LogP contribution in [0, 0.1) is 6.92 Å². The molecule has 1 N–H and O–H groups in total. The van der Waals surface area contributed by atoms with Gasteiger partial charge in [-0.05, 0) is 45.0 Å². The van der Waals surface area contributed by atoms with Gasteiger partial charge in [0.15, 0.2) is 0 Å². The van der Waals surface area contributed by atoms with Crippen molar-refractivity contribution in [1.82, 2.24) is 4.98 Å². The minimum Gasteiger partial charge on any atom is -0.491 e. The SMILES string of the molecule is Cc1nc(-c2cccc(OC(C)C)c2)ccc1C(=O)O. The van der Waals surface area contributed by atoms with Gasteiger partial charge >= 0.3 is 5.97 Å². The minimum absolute atomic E-state index is 0.106. The molecule has 0 atom stereocenters. The summed E-state index contributed by atoms with van der Waals surface area (Å²) in [5, 5.41) is 9.01. The van der Waals surface area contributed by atoms with Crippen molar-refractivity contribution in [2.75, 3.05) is 0 Å². The first-order chi connectivity index (χ1) is 9.47. The number of pyridine rings is 1. The molecule has 0 spiro atoms. The highest BCUT2D eigenvalue weighted by Gasteiger charge is 2.10. The van der Waals surface area contributed by atoms with Crippen molar-refractivity contribution in [2.24, 2.45) is 0 Å². The highest BCUT2D eigenvalue weighted by molar-refractivity contribution is 5.89. The fourth-order valence-corrected chi connectivity index (χ4v) is 1.95. The van der Waals surface area contributed by atoms with Gasteiger partial charge in [0.2, 0.25) is 0 Å². The smallest absolute Gasteiger partial charge is 0.337 e. The van der Waals surface area contributed by atoms with Gasteiger partial charge in [-0.3, -0.25) is 4.98 Å². The second-order valence-corrected chi connectivity index (χ2v) is 4.83. The fourth-order valence-electron chi connectivity index (χ4n) is 1.95. The number of carbonyl (C=O) groups is 1. The number of nitrogens with zero attached hydrogens (tertiary/aromatic N) is 1. The van der Waals surface area contributed by atoms with Crippen LogP contribution >= 0.6 is 0 Å². The Morgan fingerprint density at radius 3 is 2.60 bits per heavy atom. The molecule has 4 nitrogen and oxygen atoms in total. The molecule has 0 aliphatic heterocycles. The number of hydrogen-bond donors (Lipinski definition) is 1. The van der Waals surface area contributed by atoms with Crippen LogP contribution in [-0.2, 0) is 0 Å². The first-order valence-electron chi connectivity index (χ1n) is 6.45. The van der Waals surface area contributed by atoms with Gasteiger partial charge in [-0.2, -0.15) is 0 Å². The molecule has 2 rings (SSSR count). The summed E-state index contributed by atoms with van der Waals surface area (Å²) in [5.74, 6) is -0.183. The monoisotopic (exact) mass is 271 g/mol. The highest BCUT2D eigenvalue weighted by atomic mass is 16.5. The van der Waals surface area contributed by atoms with E-state index in [0.717, 1.165) is 17.0 Å². The Morgan fingerprint density at radius 2 is 2.00 bits per heavy atom. The maximum Gasteiger partial charge on any atom is 0.337 e. The zero-order valence-corrected chi connectivity index (χ0v) is 11.8. The Kier molecular flexibility index (Phi) is 4.03. The highest BCUT2D eigenvalue weighted by Crippen LogP contribution is 2.24. The molecule has 104 valence electrons. The van der Waals surface area contributed by atoms with Gasteiger partial charge in [-0.25, -0.2) is 4.79 Å². The molecular formula is C16H17NO3. The van der Waals surface area contributed by atoms with Crippen LogP contribution in [-0.4, -0.2) is 22.2 Å². The molecule has 2 aromatic rings. The molecule has 1 heterocycles. The van der Waals surface area contributed by atoms with Gasteiger partial charge in [-0.1, -0.05) is 12.1 Å². The lowest BCUT2D eigenvalue weighted by Gasteiger charge is -2.11. The lowest BCUT2D eigenvalue weighted by molar-refractivity contribution is 0.0695. The summed E-state index contributed by atoms with van der Waals surface area (Å²) in [6.07, 6.45) is 0.106. The lowest BCUT2D eigenvalue weighted by Crippen LogP contribution is -2.05. The van der Waals surface area contributed by atoms with E-state index < -0.39 is 5.97 Å². The average molecular weight is 271 g/mol. The van der Waals surface area contributed by atoms with E-state index in [-0.39, 0.29) is 11.7 Å². The van der Waals surface area contributed by atoms with Crippen molar-refractivity contribution in [3.8, 4) is 17.0 Å². The summed E-state index contributed by atoms with van der Waals surface area (Å²) in [4.78, 5) is 15.3. The zero-order valence-electron chi connectivity index (χ0n) is 11.8. The molecule has 0 bridgehead atoms. The summed E-state index contributed by atoms with van der Waals surface area (Å²) in [5.41, 5.74) is 2.37. The maximum atomic E-state index is 11.0. The number of ether oxygens (including phenoxy) is 1. The molecule has 4 heteroatoms. The first-order valence-corrected chi connectivity index (χ1v) is 6.45. The summed E-state index contributed by atoms with van der Waals surface area (Å²) >= 11 is 0. The van der Waals surface area contributed by atoms with Crippen LogP contribution in [0.15, 0.2) is 36.4 Å². The Morgan fingerprint density at radius 1 is 1.25 bits per heavy atom. The van der Waals surface area contributed by atoms with Crippen molar-refractivity contribution in [3.63, 3.8) is 0 Å². The van der Waals surface area contributed by atoms with E-state index in [1.165, 1.54) is 0 Å². The Labute approximate surface area is 118 Å². The molecule has 0 unspecified atom stereocenters. The number of benzene rings is 1. The average Bonchev–Trinajstić information content (AvgIpc) is 2.37. The third kappa shape index (κ3) is 3.15. The minimum atomic E-state index is -0.960. The molecule has 1 aromatic heterocycles. The van der Waals surface area contributed by atoms with Gasteiger partial charge in [0.1, 0.15) is 5.75 Å². The van der Waals surface area contributed by atoms with Crippen molar-refractivity contribution in [2.45, 2.75) is 26.9 Å². The van der Waals surface area contributed by atoms with Crippen molar-refractivity contribution in [1.29, 1.82) is 0 Å². The molecule has 1 aromatic carbocycles. The predicted molar refractivity (Wildman–Crippen MR) is 77.1 cm³/mol. The number of aromatic carboxylic acids is 1. The van der Waals surface area contributed by atoms with E-state index in [2.05, 4.69) is 4.98 Å². The zero-order chi connectivity index (χ0) is 14.7. The van der Waals surface area contributed by atoms with E-state index >= 15 is 0 Å². The number of hydrogen-bond acceptors (Lipinski definition) is 3. The van der Waals surface area contributed by atoms with E-state index in [4.69, 9.17) is 9.84 Å². The van der Waals surface area contributed by atoms with Crippen molar-refractivity contribution >= 4 is 5.97 Å². The van der Waals surface area contributed by atoms with Crippen LogP contribution in [0.5, 0.6) is 5.75 Å². The Balaban J connectivity index is 2.36. The quantitative estimate of drug-likeness (QED) is 0.924. The van der Waals surface area contributed by atoms with E-state index in [0.29, 0.717) is 5.69 Å². The van der Waals surface area contributed by atoms with Crippen LogP contribution < -0.4 is 4.74 Å². The van der Waals surface area contributed by atoms with Gasteiger partial charge in [0, 0.05) is 5.56 Å². The van der Waals surface area contributed by atoms with Gasteiger partial charge < -0.3 is 9.84 Å². The van der Waals surface area contributed by atoms with Crippen LogP contribution in [0.3, 0.4) is 0 Å². The molecular weight excluding hydrogens is 254 g/mol. The van der Waals surface area contributed by atoms with Crippen molar-refractivity contribution in [3.05, 3.63) is 47.7 Å². The van der Waals surface area contributed by atoms with Gasteiger partial charge in [0.05, 0.1) is 23.1 Å². The number of rotatable bonds is 4. The molecule has 0 saturated heterocycles. The number of carboxylic acid groups (broad SMARTS) is 1. The third-order valence-corrected chi connectivity index (χ3v) is 2.82. The van der Waals surface area contributed by atoms with Crippen LogP contribution in [0.25, 0.3) is 11.3 Å². The van der Waals surface area contributed by atoms with E-state index in [1.807, 2.05) is 38.1 Å². The molecule has 0 saturated carbocycles. The number of aryl methyl sites for hydroxylation is 1. The molecule has 0 aliphatic rings. The third-order valence-electron chi connectivity index (χ3n) is 2.82. The summed E-state index contributed by atoms with van der Waals surface area (Å²) < 4.78 is 5.65. The normalized spacial score (nSPS) is 10.6. The standard InChI is InChI=1S/C16H17NO3/c1-10(2)20-13-6-4-5-12(9-13)15-8-7-14(16(18)19)11(3)17-15/h4-10H,1-3H3,(H,18,19). The predicted octanol–water partition coefficient (Wildman–Crippen LogP) is 3.54. The number of carboxylic acids is 1. The van der Waals surface area contributed by atoms with E-state index in [9.17, 15) is 4.79 Å². The molecule has 20 heavy (non-hydrogen) atoms. The molecule has 0 aliphatic carbocycles. The molecule has 0 radical (unpaired) electrons. The Bertz CT molecular complexity index is 635.